The van der Waals surface area contributed by atoms with Gasteiger partial charge in [0.1, 0.15) is 0 Å². The number of fused-ring (bicyclic) bond motifs is 1. The van der Waals surface area contributed by atoms with Gasteiger partial charge in [-0.25, -0.2) is 0 Å². The van der Waals surface area contributed by atoms with Gasteiger partial charge in [-0.2, -0.15) is 0 Å². The molecule has 1 nitrogen and oxygen atoms in total. The first-order valence-corrected chi connectivity index (χ1v) is 7.97. The van der Waals surface area contributed by atoms with Crippen molar-refractivity contribution in [2.75, 3.05) is 6.54 Å². The van der Waals surface area contributed by atoms with Crippen LogP contribution < -0.4 is 5.32 Å². The molecule has 0 saturated carbocycles. The van der Waals surface area contributed by atoms with Crippen molar-refractivity contribution in [2.24, 2.45) is 0 Å². The number of hydrogen-bond donors (Lipinski definition) is 1. The molecule has 3 rings (SSSR count). The van der Waals surface area contributed by atoms with Crippen molar-refractivity contribution in [2.45, 2.75) is 19.4 Å². The van der Waals surface area contributed by atoms with Crippen molar-refractivity contribution in [1.29, 1.82) is 0 Å². The molecular weight excluding hydrogens is 262 g/mol. The minimum absolute atomic E-state index is 0.300. The maximum absolute atomic E-state index is 3.67. The van der Waals surface area contributed by atoms with Gasteiger partial charge in [0, 0.05) is 9.58 Å². The quantitative estimate of drug-likeness (QED) is 0.694. The van der Waals surface area contributed by atoms with Crippen molar-refractivity contribution in [3.8, 4) is 0 Å². The van der Waals surface area contributed by atoms with Crippen molar-refractivity contribution in [3.05, 3.63) is 71.1 Å². The fourth-order valence-corrected chi connectivity index (χ4v) is 3.63. The molecule has 2 aromatic carbocycles. The van der Waals surface area contributed by atoms with Gasteiger partial charge in [0.05, 0.1) is 6.04 Å². The van der Waals surface area contributed by atoms with Gasteiger partial charge in [-0.05, 0) is 36.0 Å². The maximum atomic E-state index is 3.67. The van der Waals surface area contributed by atoms with Crippen LogP contribution in [0.2, 0.25) is 0 Å². The van der Waals surface area contributed by atoms with Gasteiger partial charge in [0.2, 0.25) is 0 Å². The molecule has 20 heavy (non-hydrogen) atoms. The number of nitrogens with one attached hydrogen (secondary N) is 1. The smallest absolute Gasteiger partial charge is 0.0671 e. The summed E-state index contributed by atoms with van der Waals surface area (Å²) in [5.74, 6) is 0. The molecule has 1 heterocycles. The summed E-state index contributed by atoms with van der Waals surface area (Å²) >= 11 is 1.89. The number of hydrogen-bond acceptors (Lipinski definition) is 2. The Labute approximate surface area is 124 Å². The topological polar surface area (TPSA) is 12.0 Å². The Morgan fingerprint density at radius 2 is 1.75 bits per heavy atom. The van der Waals surface area contributed by atoms with E-state index < -0.39 is 0 Å². The predicted octanol–water partition coefficient (Wildman–Crippen LogP) is 4.99. The normalized spacial score (nSPS) is 12.7. The number of benzene rings is 2. The molecule has 0 aliphatic rings. The Morgan fingerprint density at radius 1 is 1.00 bits per heavy atom. The van der Waals surface area contributed by atoms with E-state index in [1.807, 2.05) is 11.3 Å². The lowest BCUT2D eigenvalue weighted by molar-refractivity contribution is 0.606. The van der Waals surface area contributed by atoms with Gasteiger partial charge in [0.15, 0.2) is 0 Å². The molecule has 0 spiro atoms. The molecule has 3 aromatic rings. The molecule has 0 amide bonds. The van der Waals surface area contributed by atoms with Gasteiger partial charge in [0.25, 0.3) is 0 Å². The number of thiophene rings is 1. The standard InChI is InChI=1S/C18H19NS/c1-2-12-19-18(14-8-4-3-5-9-14)17-13-15-10-6-7-11-16(15)20-17/h3-11,13,18-19H,2,12H2,1H3. The third-order valence-corrected chi connectivity index (χ3v) is 4.64. The summed E-state index contributed by atoms with van der Waals surface area (Å²) in [6.45, 7) is 3.24. The molecule has 0 bridgehead atoms. The highest BCUT2D eigenvalue weighted by molar-refractivity contribution is 7.19. The summed E-state index contributed by atoms with van der Waals surface area (Å²) < 4.78 is 1.36. The van der Waals surface area contributed by atoms with Crippen LogP contribution in [0.3, 0.4) is 0 Å². The average molecular weight is 281 g/mol. The minimum Gasteiger partial charge on any atom is -0.306 e. The van der Waals surface area contributed by atoms with Gasteiger partial charge in [-0.15, -0.1) is 11.3 Å². The molecule has 0 radical (unpaired) electrons. The molecular formula is C18H19NS. The van der Waals surface area contributed by atoms with Crippen LogP contribution in [-0.4, -0.2) is 6.54 Å². The molecule has 0 fully saturated rings. The first kappa shape index (κ1) is 13.3. The highest BCUT2D eigenvalue weighted by atomic mass is 32.1. The van der Waals surface area contributed by atoms with Crippen LogP contribution in [0.5, 0.6) is 0 Å². The lowest BCUT2D eigenvalue weighted by Crippen LogP contribution is -2.22. The molecule has 2 heteroatoms. The Kier molecular flexibility index (Phi) is 4.14. The summed E-state index contributed by atoms with van der Waals surface area (Å²) in [5.41, 5.74) is 1.34. The van der Waals surface area contributed by atoms with E-state index in [4.69, 9.17) is 0 Å². The maximum Gasteiger partial charge on any atom is 0.0671 e. The first-order valence-electron chi connectivity index (χ1n) is 7.15. The summed E-state index contributed by atoms with van der Waals surface area (Å²) in [5, 5.41) is 5.01. The zero-order valence-corrected chi connectivity index (χ0v) is 12.5. The van der Waals surface area contributed by atoms with E-state index in [1.165, 1.54) is 20.5 Å². The molecule has 1 N–H and O–H groups in total. The van der Waals surface area contributed by atoms with E-state index in [2.05, 4.69) is 72.9 Å². The van der Waals surface area contributed by atoms with E-state index >= 15 is 0 Å². The zero-order valence-electron chi connectivity index (χ0n) is 11.7. The fourth-order valence-electron chi connectivity index (χ4n) is 2.46. The summed E-state index contributed by atoms with van der Waals surface area (Å²) in [7, 11) is 0. The van der Waals surface area contributed by atoms with E-state index in [-0.39, 0.29) is 0 Å². The Morgan fingerprint density at radius 3 is 2.50 bits per heavy atom. The van der Waals surface area contributed by atoms with Crippen molar-refractivity contribution >= 4 is 21.4 Å². The van der Waals surface area contributed by atoms with Crippen LogP contribution in [0.1, 0.15) is 29.8 Å². The monoisotopic (exact) mass is 281 g/mol. The fraction of sp³-hybridized carbons (Fsp3) is 0.222. The molecule has 1 aromatic heterocycles. The molecule has 0 aliphatic carbocycles. The van der Waals surface area contributed by atoms with Gasteiger partial charge >= 0.3 is 0 Å². The second-order valence-electron chi connectivity index (χ2n) is 4.98. The summed E-state index contributed by atoms with van der Waals surface area (Å²) in [6.07, 6.45) is 1.15. The first-order chi connectivity index (χ1) is 9.88. The second kappa shape index (κ2) is 6.21. The second-order valence-corrected chi connectivity index (χ2v) is 6.10. The Bertz CT molecular complexity index is 639. The molecule has 1 unspecified atom stereocenters. The van der Waals surface area contributed by atoms with E-state index in [0.717, 1.165) is 13.0 Å². The van der Waals surface area contributed by atoms with Crippen LogP contribution in [0.25, 0.3) is 10.1 Å². The van der Waals surface area contributed by atoms with Crippen LogP contribution in [0.15, 0.2) is 60.7 Å². The van der Waals surface area contributed by atoms with E-state index in [1.54, 1.807) is 0 Å². The summed E-state index contributed by atoms with van der Waals surface area (Å²) in [4.78, 5) is 1.39. The van der Waals surface area contributed by atoms with Crippen LogP contribution in [0, 0.1) is 0 Å². The van der Waals surface area contributed by atoms with Crippen LogP contribution in [-0.2, 0) is 0 Å². The largest absolute Gasteiger partial charge is 0.306 e. The molecule has 1 atom stereocenters. The summed E-state index contributed by atoms with van der Waals surface area (Å²) in [6, 6.07) is 21.9. The van der Waals surface area contributed by atoms with Gasteiger partial charge in [-0.1, -0.05) is 55.5 Å². The zero-order chi connectivity index (χ0) is 13.8. The van der Waals surface area contributed by atoms with Crippen LogP contribution in [0.4, 0.5) is 0 Å². The van der Waals surface area contributed by atoms with Crippen molar-refractivity contribution < 1.29 is 0 Å². The molecule has 0 aliphatic heterocycles. The van der Waals surface area contributed by atoms with Gasteiger partial charge in [-0.3, -0.25) is 0 Å². The number of rotatable bonds is 5. The minimum atomic E-state index is 0.300. The predicted molar refractivity (Wildman–Crippen MR) is 88.4 cm³/mol. The Balaban J connectivity index is 2.00. The SMILES string of the molecule is CCCNC(c1ccccc1)c1cc2ccccc2s1. The lowest BCUT2D eigenvalue weighted by atomic mass is 10.0. The van der Waals surface area contributed by atoms with E-state index in [9.17, 15) is 0 Å². The average Bonchev–Trinajstić information content (AvgIpc) is 2.92. The molecule has 102 valence electrons. The van der Waals surface area contributed by atoms with E-state index in [0.29, 0.717) is 6.04 Å². The van der Waals surface area contributed by atoms with Gasteiger partial charge < -0.3 is 5.32 Å². The third-order valence-electron chi connectivity index (χ3n) is 3.46. The van der Waals surface area contributed by atoms with Crippen molar-refractivity contribution in [3.63, 3.8) is 0 Å². The van der Waals surface area contributed by atoms with Crippen molar-refractivity contribution in [1.82, 2.24) is 5.32 Å². The molecule has 0 saturated heterocycles. The third kappa shape index (κ3) is 2.77. The Hall–Kier alpha value is -1.64. The highest BCUT2D eigenvalue weighted by Gasteiger charge is 2.15. The van der Waals surface area contributed by atoms with Crippen LogP contribution >= 0.6 is 11.3 Å². The lowest BCUT2D eigenvalue weighted by Gasteiger charge is -2.17. The highest BCUT2D eigenvalue weighted by Crippen LogP contribution is 2.33.